The van der Waals surface area contributed by atoms with Crippen molar-refractivity contribution in [1.82, 2.24) is 30.0 Å². The average molecular weight is 753 g/mol. The van der Waals surface area contributed by atoms with Crippen LogP contribution in [0.5, 0.6) is 5.75 Å². The lowest BCUT2D eigenvalue weighted by Crippen LogP contribution is -2.52. The van der Waals surface area contributed by atoms with Crippen LogP contribution in [-0.4, -0.2) is 134 Å². The number of carbonyl (C=O) groups excluding carboxylic acids is 2. The molecule has 0 bridgehead atoms. The summed E-state index contributed by atoms with van der Waals surface area (Å²) in [4.78, 5) is 41.3. The number of rotatable bonds is 15. The molecular formula is C40H45FN8O6. The Hall–Kier alpha value is -5.48. The van der Waals surface area contributed by atoms with E-state index in [1.165, 1.54) is 13.2 Å². The number of piperazine rings is 1. The van der Waals surface area contributed by atoms with Gasteiger partial charge in [0.1, 0.15) is 18.2 Å². The maximum atomic E-state index is 15.0. The minimum atomic E-state index is -1.11. The molecule has 288 valence electrons. The van der Waals surface area contributed by atoms with Crippen LogP contribution in [0.4, 0.5) is 15.8 Å². The Bertz CT molecular complexity index is 2080. The van der Waals surface area contributed by atoms with Crippen LogP contribution in [0, 0.1) is 5.82 Å². The highest BCUT2D eigenvalue weighted by Crippen LogP contribution is 2.32. The minimum absolute atomic E-state index is 0.0146. The Kier molecular flexibility index (Phi) is 11.9. The van der Waals surface area contributed by atoms with Crippen LogP contribution >= 0.6 is 0 Å². The summed E-state index contributed by atoms with van der Waals surface area (Å²) < 4.78 is 37.0. The summed E-state index contributed by atoms with van der Waals surface area (Å²) in [6.45, 7) is 5.13. The number of hydrogen-bond donors (Lipinski definition) is 2. The number of aromatic nitrogens is 4. The molecule has 0 aliphatic carbocycles. The van der Waals surface area contributed by atoms with Crippen molar-refractivity contribution in [2.45, 2.75) is 12.0 Å². The van der Waals surface area contributed by atoms with Crippen molar-refractivity contribution >= 4 is 34.1 Å². The third-order valence-corrected chi connectivity index (χ3v) is 10.1. The molecule has 55 heavy (non-hydrogen) atoms. The standard InChI is InChI=1S/C40H45FN8O6/c1-52-20-21-54-22-23-55-31-8-4-28(5-9-31)37-33-24-29(6-11-35(33)45-46-37)44-39(51)40(53-2)12-15-47(27-40)26-36(50)49-18-16-48(17-19-49)30-7-10-32(34(41)25-30)38-42-13-3-14-43-38/h3-11,13-14,24-25H,12,15-23,26-27H2,1-2H3,(H,44,51)(H,45,46). The number of likely N-dealkylation sites (tertiary alicyclic amines) is 1. The second kappa shape index (κ2) is 17.3. The van der Waals surface area contributed by atoms with Gasteiger partial charge in [0, 0.05) is 88.2 Å². The predicted molar refractivity (Wildman–Crippen MR) is 205 cm³/mol. The number of fused-ring (bicyclic) bond motifs is 1. The molecule has 1 atom stereocenters. The Morgan fingerprint density at radius 3 is 2.44 bits per heavy atom. The molecule has 1 unspecified atom stereocenters. The first kappa shape index (κ1) is 37.8. The summed E-state index contributed by atoms with van der Waals surface area (Å²) in [5.74, 6) is 0.387. The summed E-state index contributed by atoms with van der Waals surface area (Å²) in [5, 5.41) is 11.5. The van der Waals surface area contributed by atoms with Crippen molar-refractivity contribution in [1.29, 1.82) is 0 Å². The second-order valence-electron chi connectivity index (χ2n) is 13.5. The van der Waals surface area contributed by atoms with Gasteiger partial charge >= 0.3 is 0 Å². The first-order chi connectivity index (χ1) is 26.9. The minimum Gasteiger partial charge on any atom is -0.491 e. The topological polar surface area (TPSA) is 147 Å². The van der Waals surface area contributed by atoms with E-state index >= 15 is 0 Å². The highest BCUT2D eigenvalue weighted by Gasteiger charge is 2.45. The molecule has 2 aromatic heterocycles. The smallest absolute Gasteiger partial charge is 0.258 e. The highest BCUT2D eigenvalue weighted by atomic mass is 19.1. The largest absolute Gasteiger partial charge is 0.491 e. The van der Waals surface area contributed by atoms with Crippen LogP contribution in [0.2, 0.25) is 0 Å². The molecule has 5 aromatic rings. The Balaban J connectivity index is 0.913. The number of ether oxygens (including phenoxy) is 4. The summed E-state index contributed by atoms with van der Waals surface area (Å²) in [5.41, 5.74) is 3.07. The fraction of sp³-hybridized carbons (Fsp3) is 0.375. The molecule has 7 rings (SSSR count). The van der Waals surface area contributed by atoms with Crippen molar-refractivity contribution in [3.63, 3.8) is 0 Å². The Labute approximate surface area is 318 Å². The quantitative estimate of drug-likeness (QED) is 0.148. The number of nitrogens with one attached hydrogen (secondary N) is 2. The van der Waals surface area contributed by atoms with Crippen molar-refractivity contribution in [3.05, 3.63) is 84.9 Å². The maximum absolute atomic E-state index is 15.0. The zero-order valence-corrected chi connectivity index (χ0v) is 31.0. The highest BCUT2D eigenvalue weighted by molar-refractivity contribution is 6.01. The van der Waals surface area contributed by atoms with Gasteiger partial charge in [0.05, 0.1) is 43.1 Å². The number of amides is 2. The third kappa shape index (κ3) is 8.75. The van der Waals surface area contributed by atoms with Gasteiger partial charge in [-0.3, -0.25) is 19.6 Å². The van der Waals surface area contributed by atoms with Gasteiger partial charge in [0.2, 0.25) is 5.91 Å². The van der Waals surface area contributed by atoms with E-state index in [1.807, 2.05) is 58.3 Å². The molecule has 15 heteroatoms. The van der Waals surface area contributed by atoms with Crippen LogP contribution in [0.1, 0.15) is 6.42 Å². The van der Waals surface area contributed by atoms with E-state index < -0.39 is 11.4 Å². The van der Waals surface area contributed by atoms with Crippen LogP contribution in [0.25, 0.3) is 33.5 Å². The van der Waals surface area contributed by atoms with Gasteiger partial charge in [-0.15, -0.1) is 0 Å². The van der Waals surface area contributed by atoms with Gasteiger partial charge in [-0.25, -0.2) is 14.4 Å². The lowest BCUT2D eigenvalue weighted by Gasteiger charge is -2.37. The van der Waals surface area contributed by atoms with Crippen LogP contribution in [-0.2, 0) is 23.8 Å². The molecule has 0 saturated carbocycles. The first-order valence-electron chi connectivity index (χ1n) is 18.3. The van der Waals surface area contributed by atoms with Crippen LogP contribution < -0.4 is 15.0 Å². The van der Waals surface area contributed by atoms with E-state index in [1.54, 1.807) is 31.6 Å². The number of benzene rings is 3. The molecular weight excluding hydrogens is 707 g/mol. The summed E-state index contributed by atoms with van der Waals surface area (Å²) in [7, 11) is 3.17. The number of H-pyrrole nitrogens is 1. The van der Waals surface area contributed by atoms with E-state index in [9.17, 15) is 14.0 Å². The number of aromatic amines is 1. The molecule has 0 spiro atoms. The molecule has 2 saturated heterocycles. The van der Waals surface area contributed by atoms with Crippen molar-refractivity contribution < 1.29 is 32.9 Å². The number of hydrogen-bond acceptors (Lipinski definition) is 11. The van der Waals surface area contributed by atoms with Crippen LogP contribution in [0.15, 0.2) is 79.1 Å². The van der Waals surface area contributed by atoms with E-state index in [4.69, 9.17) is 18.9 Å². The molecule has 2 aliphatic heterocycles. The van der Waals surface area contributed by atoms with E-state index in [0.717, 1.165) is 33.6 Å². The van der Waals surface area contributed by atoms with Crippen LogP contribution in [0.3, 0.4) is 0 Å². The number of carbonyl (C=O) groups is 2. The second-order valence-corrected chi connectivity index (χ2v) is 13.5. The first-order valence-corrected chi connectivity index (χ1v) is 18.3. The summed E-state index contributed by atoms with van der Waals surface area (Å²) >= 11 is 0. The molecule has 2 N–H and O–H groups in total. The van der Waals surface area contributed by atoms with Crippen molar-refractivity contribution in [3.8, 4) is 28.4 Å². The van der Waals surface area contributed by atoms with E-state index in [0.29, 0.717) is 82.6 Å². The summed E-state index contributed by atoms with van der Waals surface area (Å²) in [6.07, 6.45) is 3.61. The molecule has 0 radical (unpaired) electrons. The average Bonchev–Trinajstić information content (AvgIpc) is 3.84. The predicted octanol–water partition coefficient (Wildman–Crippen LogP) is 4.25. The lowest BCUT2D eigenvalue weighted by molar-refractivity contribution is -0.138. The van der Waals surface area contributed by atoms with Gasteiger partial charge in [0.15, 0.2) is 11.4 Å². The monoisotopic (exact) mass is 752 g/mol. The summed E-state index contributed by atoms with van der Waals surface area (Å²) in [6, 6.07) is 20.0. The number of halogens is 1. The van der Waals surface area contributed by atoms with Gasteiger partial charge in [-0.05, 0) is 73.2 Å². The number of nitrogens with zero attached hydrogens (tertiary/aromatic N) is 6. The van der Waals surface area contributed by atoms with Crippen molar-refractivity contribution in [2.75, 3.05) is 96.7 Å². The molecule has 2 aliphatic rings. The molecule has 2 fully saturated rings. The van der Waals surface area contributed by atoms with Gasteiger partial charge in [0.25, 0.3) is 5.91 Å². The normalized spacial score (nSPS) is 17.5. The van der Waals surface area contributed by atoms with Gasteiger partial charge in [-0.1, -0.05) is 0 Å². The van der Waals surface area contributed by atoms with E-state index in [-0.39, 0.29) is 24.9 Å². The zero-order valence-electron chi connectivity index (χ0n) is 31.0. The number of methoxy groups -OCH3 is 2. The SMILES string of the molecule is COCCOCCOc1ccc(-c2n[nH]c3ccc(NC(=O)C4(OC)CCN(CC(=O)N5CCN(c6ccc(-c7ncccn7)c(F)c6)CC5)C4)cc23)cc1. The molecule has 14 nitrogen and oxygen atoms in total. The molecule has 4 heterocycles. The molecule has 3 aromatic carbocycles. The molecule has 2 amide bonds. The zero-order chi connectivity index (χ0) is 38.2. The fourth-order valence-electron chi connectivity index (χ4n) is 6.99. The van der Waals surface area contributed by atoms with Gasteiger partial charge in [-0.2, -0.15) is 5.10 Å². The lowest BCUT2D eigenvalue weighted by atomic mass is 10.0. The van der Waals surface area contributed by atoms with E-state index in [2.05, 4.69) is 30.4 Å². The van der Waals surface area contributed by atoms with Gasteiger partial charge < -0.3 is 34.1 Å². The maximum Gasteiger partial charge on any atom is 0.258 e. The Morgan fingerprint density at radius 2 is 1.69 bits per heavy atom. The third-order valence-electron chi connectivity index (χ3n) is 10.1. The number of anilines is 2. The fourth-order valence-corrected chi connectivity index (χ4v) is 6.99. The Morgan fingerprint density at radius 1 is 0.909 bits per heavy atom. The van der Waals surface area contributed by atoms with Crippen molar-refractivity contribution in [2.24, 2.45) is 0 Å².